The average molecular weight is 1200 g/mol. The lowest BCUT2D eigenvalue weighted by Gasteiger charge is -2.54. The molecule has 0 aliphatic carbocycles. The van der Waals surface area contributed by atoms with Gasteiger partial charge >= 0.3 is 0 Å². The molecule has 0 amide bonds. The Morgan fingerprint density at radius 1 is 0.600 bits per heavy atom. The van der Waals surface area contributed by atoms with Gasteiger partial charge in [-0.1, -0.05) is 111 Å². The Morgan fingerprint density at radius 3 is 1.40 bits per heavy atom. The van der Waals surface area contributed by atoms with Gasteiger partial charge in [-0.05, 0) is 147 Å². The molecule has 2 aliphatic rings. The van der Waals surface area contributed by atoms with Crippen LogP contribution in [0.5, 0.6) is 0 Å². The fourth-order valence-electron chi connectivity index (χ4n) is 9.69. The second-order valence-corrected chi connectivity index (χ2v) is 29.2. The Morgan fingerprint density at radius 2 is 1.02 bits per heavy atom. The van der Waals surface area contributed by atoms with E-state index in [9.17, 15) is 0 Å². The van der Waals surface area contributed by atoms with Gasteiger partial charge in [0.25, 0.3) is 0 Å². The predicted molar refractivity (Wildman–Crippen MR) is 307 cm³/mol. The van der Waals surface area contributed by atoms with Gasteiger partial charge in [0.05, 0.1) is 0 Å². The molecular formula is C50H93I3N4OSi2. The molecule has 2 aromatic carbocycles. The number of rotatable bonds is 9. The molecule has 4 aromatic rings. The summed E-state index contributed by atoms with van der Waals surface area (Å²) in [6.07, 6.45) is 9.89. The normalized spacial score (nSPS) is 17.6. The number of aromatic nitrogens is 2. The zero-order chi connectivity index (χ0) is 43.3. The molecule has 0 spiro atoms. The van der Waals surface area contributed by atoms with Crippen LogP contribution in [0.1, 0.15) is 150 Å². The van der Waals surface area contributed by atoms with Crippen molar-refractivity contribution in [2.45, 2.75) is 209 Å². The Bertz CT molecular complexity index is 1710. The summed E-state index contributed by atoms with van der Waals surface area (Å²) in [5.41, 5.74) is 3.76. The van der Waals surface area contributed by atoms with E-state index in [1.54, 1.807) is 5.32 Å². The van der Waals surface area contributed by atoms with Crippen LogP contribution in [0.3, 0.4) is 0 Å². The summed E-state index contributed by atoms with van der Waals surface area (Å²) in [5, 5.41) is 10.4. The Hall–Kier alpha value is 0.0238. The summed E-state index contributed by atoms with van der Waals surface area (Å²) < 4.78 is 11.3. The highest BCUT2D eigenvalue weighted by atomic mass is 128. The van der Waals surface area contributed by atoms with Crippen molar-refractivity contribution in [1.82, 2.24) is 19.5 Å². The minimum Gasteiger partial charge on any atom is -0.352 e. The van der Waals surface area contributed by atoms with Crippen LogP contribution in [-0.4, -0.2) is 52.7 Å². The first-order valence-electron chi connectivity index (χ1n) is 22.2. The minimum atomic E-state index is -1.56. The molecule has 0 bridgehead atoms. The van der Waals surface area contributed by atoms with E-state index in [1.165, 1.54) is 96.6 Å². The maximum atomic E-state index is 6.73. The van der Waals surface area contributed by atoms with Gasteiger partial charge in [-0.15, -0.1) is 24.0 Å². The standard InChI is InChI=1S/C15H33NOSi.C15H23NSi.C9H9N.C9H19N.2CH4.I2.HI/c1-8-18(9-2,10-3)17-16-14(4,5)12-11-13-15(16,6)7;1-5-17(6-2,7-3)15-12-13-10-8-9-11-14(13)16(15)4;1-10-7-6-8-4-2-3-5-9(8)10;1-8(2)6-5-7-9(3,4)10-8;;;1-2;/h8-13H2,1-7H3;8-12H,5-7H2,1-4H3;2-7H,1H3;10H,5-7H2,1-4H3;2*1H4;;1H. The number of halogens is 3. The van der Waals surface area contributed by atoms with Gasteiger partial charge in [0.1, 0.15) is 8.07 Å². The van der Waals surface area contributed by atoms with E-state index >= 15 is 0 Å². The maximum absolute atomic E-state index is 6.73. The van der Waals surface area contributed by atoms with Crippen molar-refractivity contribution in [2.75, 3.05) is 0 Å². The van der Waals surface area contributed by atoms with Crippen LogP contribution < -0.4 is 10.6 Å². The summed E-state index contributed by atoms with van der Waals surface area (Å²) >= 11 is 4.24. The number of fused-ring (bicyclic) bond motifs is 2. The highest BCUT2D eigenvalue weighted by molar-refractivity contribution is 15.0. The molecule has 2 aliphatic heterocycles. The number of aryl methyl sites for hydroxylation is 2. The van der Waals surface area contributed by atoms with Gasteiger partial charge in [0.2, 0.25) is 8.32 Å². The van der Waals surface area contributed by atoms with E-state index in [1.807, 2.05) is 0 Å². The molecule has 0 unspecified atom stereocenters. The lowest BCUT2D eigenvalue weighted by atomic mass is 9.82. The third kappa shape index (κ3) is 16.8. The molecule has 0 atom stereocenters. The molecule has 1 N–H and O–H groups in total. The largest absolute Gasteiger partial charge is 0.352 e. The van der Waals surface area contributed by atoms with Crippen molar-refractivity contribution in [3.63, 3.8) is 0 Å². The van der Waals surface area contributed by atoms with Gasteiger partial charge in [-0.2, -0.15) is 5.06 Å². The maximum Gasteiger partial charge on any atom is 0.220 e. The monoisotopic (exact) mass is 1200 g/mol. The number of hydrogen-bond donors (Lipinski definition) is 1. The predicted octanol–water partition coefficient (Wildman–Crippen LogP) is 17.0. The van der Waals surface area contributed by atoms with Crippen LogP contribution in [0.2, 0.25) is 36.3 Å². The molecule has 2 saturated heterocycles. The van der Waals surface area contributed by atoms with Crippen LogP contribution in [-0.2, 0) is 18.6 Å². The van der Waals surface area contributed by atoms with E-state index in [-0.39, 0.29) is 49.9 Å². The number of nitrogens with one attached hydrogen (secondary N) is 1. The van der Waals surface area contributed by atoms with Gasteiger partial charge in [-0.25, -0.2) is 0 Å². The van der Waals surface area contributed by atoms with Crippen molar-refractivity contribution in [1.29, 1.82) is 0 Å². The van der Waals surface area contributed by atoms with Gasteiger partial charge in [0, 0.05) is 96.0 Å². The molecule has 10 heteroatoms. The number of benzene rings is 2. The van der Waals surface area contributed by atoms with E-state index in [0.717, 1.165) is 0 Å². The van der Waals surface area contributed by atoms with E-state index in [4.69, 9.17) is 4.53 Å². The molecule has 0 radical (unpaired) electrons. The van der Waals surface area contributed by atoms with Crippen molar-refractivity contribution in [2.24, 2.45) is 14.1 Å². The van der Waals surface area contributed by atoms with Crippen molar-refractivity contribution >= 4 is 105 Å². The molecule has 5 nitrogen and oxygen atoms in total. The summed E-state index contributed by atoms with van der Waals surface area (Å²) in [4.78, 5) is 0. The lowest BCUT2D eigenvalue weighted by molar-refractivity contribution is -0.226. The summed E-state index contributed by atoms with van der Waals surface area (Å²) in [7, 11) is 1.48. The topological polar surface area (TPSA) is 34.4 Å². The highest BCUT2D eigenvalue weighted by Gasteiger charge is 2.46. The molecule has 2 aromatic heterocycles. The van der Waals surface area contributed by atoms with E-state index < -0.39 is 16.4 Å². The summed E-state index contributed by atoms with van der Waals surface area (Å²) in [5.74, 6) is 0. The first kappa shape index (κ1) is 62.1. The van der Waals surface area contributed by atoms with Crippen molar-refractivity contribution in [3.8, 4) is 0 Å². The number of nitrogens with zero attached hydrogens (tertiary/aromatic N) is 3. The van der Waals surface area contributed by atoms with Crippen LogP contribution in [0, 0.1) is 0 Å². The minimum absolute atomic E-state index is 0. The molecule has 348 valence electrons. The van der Waals surface area contributed by atoms with Crippen LogP contribution in [0.25, 0.3) is 21.8 Å². The number of piperidine rings is 2. The smallest absolute Gasteiger partial charge is 0.220 e. The summed E-state index contributed by atoms with van der Waals surface area (Å²) in [6, 6.07) is 29.4. The lowest BCUT2D eigenvalue weighted by Crippen LogP contribution is -2.62. The zero-order valence-corrected chi connectivity index (χ0v) is 48.4. The van der Waals surface area contributed by atoms with Crippen LogP contribution in [0.4, 0.5) is 0 Å². The second kappa shape index (κ2) is 27.5. The summed E-state index contributed by atoms with van der Waals surface area (Å²) in [6.45, 7) is 32.5. The average Bonchev–Trinajstić information content (AvgIpc) is 3.73. The molecule has 4 heterocycles. The molecule has 0 saturated carbocycles. The Labute approximate surface area is 414 Å². The third-order valence-corrected chi connectivity index (χ3v) is 23.6. The van der Waals surface area contributed by atoms with Crippen molar-refractivity contribution in [3.05, 3.63) is 66.9 Å². The second-order valence-electron chi connectivity index (χ2n) is 19.3. The Kier molecular flexibility index (Phi) is 28.5. The molecular weight excluding hydrogens is 1110 g/mol. The number of hydroxylamine groups is 2. The van der Waals surface area contributed by atoms with Gasteiger partial charge < -0.3 is 19.0 Å². The van der Waals surface area contributed by atoms with Crippen LogP contribution >= 0.6 is 61.2 Å². The SMILES string of the molecule is C.C.CC1(C)CCCC(C)(C)N1.CC[Si](CC)(CC)ON1C(C)(C)CCCC1(C)C.CC[Si](CC)(CC)c1cc2ccccc2n1C.Cn1ccc2ccccc21.I.II. The quantitative estimate of drug-likeness (QED) is 0.134. The highest BCUT2D eigenvalue weighted by Crippen LogP contribution is 2.41. The fourth-order valence-corrected chi connectivity index (χ4v) is 16.3. The van der Waals surface area contributed by atoms with Crippen LogP contribution in [0.15, 0.2) is 66.9 Å². The van der Waals surface area contributed by atoms with Gasteiger partial charge in [0.15, 0.2) is 0 Å². The first-order chi connectivity index (χ1) is 26.7. The van der Waals surface area contributed by atoms with E-state index in [2.05, 4.69) is 235 Å². The van der Waals surface area contributed by atoms with E-state index in [0.29, 0.717) is 11.1 Å². The molecule has 2 fully saturated rings. The zero-order valence-electron chi connectivity index (χ0n) is 39.8. The molecule has 60 heavy (non-hydrogen) atoms. The Balaban J connectivity index is 0. The molecule has 6 rings (SSSR count). The van der Waals surface area contributed by atoms with Gasteiger partial charge in [-0.3, -0.25) is 0 Å². The number of para-hydroxylation sites is 2. The number of hydrogen-bond acceptors (Lipinski definition) is 3. The van der Waals surface area contributed by atoms with Crippen molar-refractivity contribution < 1.29 is 4.53 Å². The third-order valence-electron chi connectivity index (χ3n) is 13.5. The first-order valence-corrected chi connectivity index (χ1v) is 33.6. The fraction of sp³-hybridized carbons (Fsp3) is 0.680.